The molecule has 8 heteroatoms. The molecule has 0 saturated heterocycles. The smallest absolute Gasteiger partial charge is 0.200 e. The van der Waals surface area contributed by atoms with E-state index in [2.05, 4.69) is 9.93 Å². The molecule has 1 N–H and O–H groups in total. The fourth-order valence-corrected chi connectivity index (χ4v) is 4.64. The van der Waals surface area contributed by atoms with Crippen molar-refractivity contribution in [3.05, 3.63) is 82.0 Å². The van der Waals surface area contributed by atoms with E-state index in [9.17, 15) is 8.42 Å². The van der Waals surface area contributed by atoms with Crippen molar-refractivity contribution in [3.8, 4) is 22.5 Å². The third-order valence-electron chi connectivity index (χ3n) is 4.24. The van der Waals surface area contributed by atoms with Crippen LogP contribution in [0.2, 0.25) is 5.02 Å². The Morgan fingerprint density at radius 3 is 2.39 bits per heavy atom. The molecule has 0 saturated carbocycles. The molecule has 28 heavy (non-hydrogen) atoms. The average Bonchev–Trinajstić information content (AvgIpc) is 3.28. The molecule has 2 aromatic carbocycles. The lowest BCUT2D eigenvalue weighted by molar-refractivity contribution is 0.592. The number of sulfonamides is 1. The van der Waals surface area contributed by atoms with E-state index in [0.717, 1.165) is 16.0 Å². The maximum absolute atomic E-state index is 12.8. The summed E-state index contributed by atoms with van der Waals surface area (Å²) < 4.78 is 25.6. The van der Waals surface area contributed by atoms with Crippen molar-refractivity contribution >= 4 is 33.0 Å². The predicted octanol–water partition coefficient (Wildman–Crippen LogP) is 5.17. The second-order valence-corrected chi connectivity index (χ2v) is 9.35. The topological polar surface area (TPSA) is 64.0 Å². The highest BCUT2D eigenvalue weighted by Gasteiger charge is 2.20. The van der Waals surface area contributed by atoms with Gasteiger partial charge in [0.1, 0.15) is 0 Å². The van der Waals surface area contributed by atoms with Gasteiger partial charge in [-0.05, 0) is 48.7 Å². The fourth-order valence-electron chi connectivity index (χ4n) is 2.82. The van der Waals surface area contributed by atoms with Gasteiger partial charge in [-0.3, -0.25) is 0 Å². The Labute approximate surface area is 172 Å². The van der Waals surface area contributed by atoms with Crippen LogP contribution in [-0.2, 0) is 10.0 Å². The standard InChI is InChI=1S/C20H16ClN3O2S2/c1-14-18(11-12-27-14)20-13-19(15-7-9-16(21)10-8-15)22-24(20)23-28(25,26)17-5-3-2-4-6-17/h2-13,23H,1H3. The van der Waals surface area contributed by atoms with Crippen LogP contribution >= 0.6 is 22.9 Å². The van der Waals surface area contributed by atoms with E-state index >= 15 is 0 Å². The summed E-state index contributed by atoms with van der Waals surface area (Å²) in [7, 11) is -3.78. The molecule has 0 aliphatic heterocycles. The quantitative estimate of drug-likeness (QED) is 0.475. The van der Waals surface area contributed by atoms with Gasteiger partial charge in [0, 0.05) is 21.0 Å². The summed E-state index contributed by atoms with van der Waals surface area (Å²) in [6.45, 7) is 1.99. The number of nitrogens with one attached hydrogen (secondary N) is 1. The van der Waals surface area contributed by atoms with Crippen molar-refractivity contribution in [1.82, 2.24) is 9.89 Å². The lowest BCUT2D eigenvalue weighted by Gasteiger charge is -2.11. The van der Waals surface area contributed by atoms with E-state index in [0.29, 0.717) is 16.4 Å². The molecule has 2 heterocycles. The summed E-state index contributed by atoms with van der Waals surface area (Å²) in [4.78, 5) is 5.14. The number of benzene rings is 2. The van der Waals surface area contributed by atoms with Crippen LogP contribution in [-0.4, -0.2) is 18.3 Å². The lowest BCUT2D eigenvalue weighted by Crippen LogP contribution is -2.25. The summed E-state index contributed by atoms with van der Waals surface area (Å²) in [6, 6.07) is 19.3. The van der Waals surface area contributed by atoms with E-state index in [-0.39, 0.29) is 4.90 Å². The molecule has 2 aromatic heterocycles. The fraction of sp³-hybridized carbons (Fsp3) is 0.0500. The van der Waals surface area contributed by atoms with Crippen molar-refractivity contribution in [1.29, 1.82) is 0 Å². The highest BCUT2D eigenvalue weighted by molar-refractivity contribution is 7.92. The van der Waals surface area contributed by atoms with Crippen LogP contribution < -0.4 is 4.83 Å². The molecule has 0 aliphatic carbocycles. The van der Waals surface area contributed by atoms with Gasteiger partial charge in [0.2, 0.25) is 0 Å². The number of hydrogen-bond acceptors (Lipinski definition) is 4. The molecule has 142 valence electrons. The minimum Gasteiger partial charge on any atom is -0.200 e. The number of aromatic nitrogens is 2. The summed E-state index contributed by atoms with van der Waals surface area (Å²) in [5.74, 6) is 0. The Balaban J connectivity index is 1.81. The van der Waals surface area contributed by atoms with Crippen LogP contribution in [0.15, 0.2) is 77.0 Å². The maximum Gasteiger partial charge on any atom is 0.276 e. The first-order valence-corrected chi connectivity index (χ1v) is 11.2. The van der Waals surface area contributed by atoms with E-state index < -0.39 is 10.0 Å². The van der Waals surface area contributed by atoms with E-state index in [4.69, 9.17) is 11.6 Å². The summed E-state index contributed by atoms with van der Waals surface area (Å²) in [5.41, 5.74) is 3.08. The van der Waals surface area contributed by atoms with Gasteiger partial charge in [0.25, 0.3) is 10.0 Å². The predicted molar refractivity (Wildman–Crippen MR) is 114 cm³/mol. The summed E-state index contributed by atoms with van der Waals surface area (Å²) in [6.07, 6.45) is 0. The van der Waals surface area contributed by atoms with Gasteiger partial charge in [-0.1, -0.05) is 41.9 Å². The molecule has 0 fully saturated rings. The SMILES string of the molecule is Cc1sccc1-c1cc(-c2ccc(Cl)cc2)nn1NS(=O)(=O)c1ccccc1. The Hall–Kier alpha value is -2.61. The number of aryl methyl sites for hydroxylation is 1. The van der Waals surface area contributed by atoms with Gasteiger partial charge >= 0.3 is 0 Å². The molecule has 0 spiro atoms. The molecule has 5 nitrogen and oxygen atoms in total. The lowest BCUT2D eigenvalue weighted by atomic mass is 10.1. The monoisotopic (exact) mass is 429 g/mol. The van der Waals surface area contributed by atoms with Gasteiger partial charge in [-0.15, -0.1) is 11.3 Å². The normalized spacial score (nSPS) is 11.5. The minimum absolute atomic E-state index is 0.173. The molecule has 4 aromatic rings. The van der Waals surface area contributed by atoms with Crippen molar-refractivity contribution in [2.75, 3.05) is 4.83 Å². The van der Waals surface area contributed by atoms with Crippen LogP contribution in [0.3, 0.4) is 0 Å². The summed E-state index contributed by atoms with van der Waals surface area (Å²) in [5, 5.41) is 7.10. The van der Waals surface area contributed by atoms with Crippen molar-refractivity contribution in [2.45, 2.75) is 11.8 Å². The Bertz CT molecular complexity index is 1210. The van der Waals surface area contributed by atoms with Crippen LogP contribution in [0.25, 0.3) is 22.5 Å². The zero-order valence-corrected chi connectivity index (χ0v) is 17.2. The van der Waals surface area contributed by atoms with Crippen molar-refractivity contribution in [3.63, 3.8) is 0 Å². The third-order valence-corrected chi connectivity index (χ3v) is 6.65. The zero-order chi connectivity index (χ0) is 19.7. The largest absolute Gasteiger partial charge is 0.276 e. The van der Waals surface area contributed by atoms with Crippen molar-refractivity contribution < 1.29 is 8.42 Å². The van der Waals surface area contributed by atoms with E-state index in [1.807, 2.05) is 36.6 Å². The first-order chi connectivity index (χ1) is 13.4. The van der Waals surface area contributed by atoms with Crippen LogP contribution in [0.5, 0.6) is 0 Å². The number of hydrogen-bond donors (Lipinski definition) is 1. The van der Waals surface area contributed by atoms with E-state index in [1.165, 1.54) is 4.79 Å². The molecular weight excluding hydrogens is 414 g/mol. The average molecular weight is 430 g/mol. The second-order valence-electron chi connectivity index (χ2n) is 6.13. The molecule has 0 unspecified atom stereocenters. The third kappa shape index (κ3) is 3.69. The van der Waals surface area contributed by atoms with Gasteiger partial charge in [-0.25, -0.2) is 0 Å². The Kier molecular flexibility index (Phi) is 4.97. The molecule has 0 bridgehead atoms. The molecule has 4 rings (SSSR count). The first-order valence-electron chi connectivity index (χ1n) is 8.42. The van der Waals surface area contributed by atoms with E-state index in [1.54, 1.807) is 53.8 Å². The number of nitrogens with zero attached hydrogens (tertiary/aromatic N) is 2. The van der Waals surface area contributed by atoms with Gasteiger partial charge < -0.3 is 0 Å². The van der Waals surface area contributed by atoms with Crippen LogP contribution in [0.4, 0.5) is 0 Å². The Morgan fingerprint density at radius 1 is 1.04 bits per heavy atom. The van der Waals surface area contributed by atoms with Gasteiger partial charge in [0.05, 0.1) is 16.3 Å². The molecule has 0 atom stereocenters. The highest BCUT2D eigenvalue weighted by atomic mass is 35.5. The molecular formula is C20H16ClN3O2S2. The summed E-state index contributed by atoms with van der Waals surface area (Å²) >= 11 is 7.57. The Morgan fingerprint density at radius 2 is 1.75 bits per heavy atom. The molecule has 0 aliphatic rings. The van der Waals surface area contributed by atoms with Crippen LogP contribution in [0, 0.1) is 6.92 Å². The number of halogens is 1. The number of rotatable bonds is 5. The molecule has 0 amide bonds. The number of thiophene rings is 1. The first kappa shape index (κ1) is 18.7. The zero-order valence-electron chi connectivity index (χ0n) is 14.8. The van der Waals surface area contributed by atoms with Gasteiger partial charge in [0.15, 0.2) is 0 Å². The minimum atomic E-state index is -3.78. The second kappa shape index (κ2) is 7.43. The highest BCUT2D eigenvalue weighted by Crippen LogP contribution is 2.31. The van der Waals surface area contributed by atoms with Crippen LogP contribution in [0.1, 0.15) is 4.88 Å². The van der Waals surface area contributed by atoms with Gasteiger partial charge in [-0.2, -0.15) is 23.1 Å². The maximum atomic E-state index is 12.8. The van der Waals surface area contributed by atoms with Crippen molar-refractivity contribution in [2.24, 2.45) is 0 Å². The molecule has 0 radical (unpaired) electrons.